The molecular weight excluding hydrogens is 359 g/mol. The number of piperazine rings is 1. The number of pyridine rings is 1. The molecule has 0 aromatic carbocycles. The second-order valence-electron chi connectivity index (χ2n) is 6.72. The van der Waals surface area contributed by atoms with Crippen LogP contribution in [0.25, 0.3) is 11.5 Å². The first-order valence-corrected chi connectivity index (χ1v) is 8.81. The summed E-state index contributed by atoms with van der Waals surface area (Å²) >= 11 is 0. The zero-order chi connectivity index (χ0) is 19.0. The van der Waals surface area contributed by atoms with Gasteiger partial charge in [-0.15, -0.1) is 0 Å². The van der Waals surface area contributed by atoms with E-state index in [1.54, 1.807) is 17.2 Å². The van der Waals surface area contributed by atoms with E-state index in [0.29, 0.717) is 23.9 Å². The summed E-state index contributed by atoms with van der Waals surface area (Å²) in [7, 11) is 0. The summed E-state index contributed by atoms with van der Waals surface area (Å²) in [6, 6.07) is 5.46. The highest BCUT2D eigenvalue weighted by Gasteiger charge is 2.36. The van der Waals surface area contributed by atoms with Gasteiger partial charge in [-0.1, -0.05) is 6.07 Å². The molecule has 0 spiro atoms. The Morgan fingerprint density at radius 3 is 2.67 bits per heavy atom. The van der Waals surface area contributed by atoms with E-state index in [1.807, 2.05) is 12.1 Å². The van der Waals surface area contributed by atoms with Crippen molar-refractivity contribution in [1.82, 2.24) is 19.9 Å². The Bertz CT molecular complexity index is 856. The molecule has 1 fully saturated rings. The molecule has 0 atom stereocenters. The zero-order valence-electron chi connectivity index (χ0n) is 14.5. The summed E-state index contributed by atoms with van der Waals surface area (Å²) in [4.78, 5) is 28.4. The summed E-state index contributed by atoms with van der Waals surface area (Å²) < 4.78 is 37.9. The Hall–Kier alpha value is -2.71. The van der Waals surface area contributed by atoms with Gasteiger partial charge in [0.2, 0.25) is 5.91 Å². The molecule has 9 heteroatoms. The predicted molar refractivity (Wildman–Crippen MR) is 92.1 cm³/mol. The van der Waals surface area contributed by atoms with Crippen LogP contribution in [0.2, 0.25) is 0 Å². The number of carbonyl (C=O) groups excluding carboxylic acids is 1. The Labute approximate surface area is 154 Å². The fourth-order valence-corrected chi connectivity index (χ4v) is 3.56. The maximum Gasteiger partial charge on any atom is 0.406 e. The molecule has 27 heavy (non-hydrogen) atoms. The number of fused-ring (bicyclic) bond motifs is 1. The normalized spacial score (nSPS) is 17.4. The molecule has 1 aliphatic carbocycles. The van der Waals surface area contributed by atoms with Crippen molar-refractivity contribution < 1.29 is 18.0 Å². The molecule has 142 valence electrons. The second kappa shape index (κ2) is 6.79. The third-order valence-electron chi connectivity index (χ3n) is 4.79. The average molecular weight is 377 g/mol. The van der Waals surface area contributed by atoms with Crippen LogP contribution in [-0.4, -0.2) is 58.1 Å². The van der Waals surface area contributed by atoms with Crippen molar-refractivity contribution >= 4 is 11.7 Å². The van der Waals surface area contributed by atoms with Crippen LogP contribution in [-0.2, 0) is 17.6 Å². The molecule has 2 aromatic rings. The molecule has 0 saturated carbocycles. The Balaban J connectivity index is 1.63. The lowest BCUT2D eigenvalue weighted by molar-refractivity contribution is -0.161. The van der Waals surface area contributed by atoms with Gasteiger partial charge in [0, 0.05) is 30.5 Å². The molecule has 2 aromatic heterocycles. The molecule has 4 rings (SSSR count). The summed E-state index contributed by atoms with van der Waals surface area (Å²) in [5.41, 5.74) is 2.56. The van der Waals surface area contributed by atoms with E-state index in [4.69, 9.17) is 0 Å². The highest BCUT2D eigenvalue weighted by molar-refractivity contribution is 5.83. The molecule has 1 aliphatic heterocycles. The Kier molecular flexibility index (Phi) is 4.45. The molecule has 0 N–H and O–H groups in total. The van der Waals surface area contributed by atoms with Crippen molar-refractivity contribution in [3.05, 3.63) is 35.7 Å². The minimum atomic E-state index is -4.39. The minimum Gasteiger partial charge on any atom is -0.345 e. The highest BCUT2D eigenvalue weighted by Crippen LogP contribution is 2.32. The van der Waals surface area contributed by atoms with Gasteiger partial charge in [-0.3, -0.25) is 9.78 Å². The maximum atomic E-state index is 12.6. The molecule has 0 radical (unpaired) electrons. The van der Waals surface area contributed by atoms with Gasteiger partial charge in [-0.05, 0) is 31.4 Å². The molecule has 6 nitrogen and oxygen atoms in total. The van der Waals surface area contributed by atoms with E-state index in [2.05, 4.69) is 15.0 Å². The van der Waals surface area contributed by atoms with Crippen molar-refractivity contribution in [2.45, 2.75) is 25.4 Å². The standard InChI is InChI=1S/C18H18F3N5O/c19-18(20,21)11-26-9-8-25(10-15(26)27)17-12-4-3-6-13(12)23-16(24-17)14-5-1-2-7-22-14/h1-2,5,7H,3-4,6,8-11H2. The fraction of sp³-hybridized carbons (Fsp3) is 0.444. The van der Waals surface area contributed by atoms with Crippen LogP contribution < -0.4 is 4.90 Å². The molecule has 0 unspecified atom stereocenters. The maximum absolute atomic E-state index is 12.6. The van der Waals surface area contributed by atoms with Crippen LogP contribution in [0.1, 0.15) is 17.7 Å². The third kappa shape index (κ3) is 3.72. The number of hydrogen-bond donors (Lipinski definition) is 0. The van der Waals surface area contributed by atoms with Gasteiger partial charge < -0.3 is 9.80 Å². The number of alkyl halides is 3. The lowest BCUT2D eigenvalue weighted by atomic mass is 10.2. The number of rotatable bonds is 3. The Morgan fingerprint density at radius 2 is 1.96 bits per heavy atom. The van der Waals surface area contributed by atoms with Crippen molar-refractivity contribution in [2.24, 2.45) is 0 Å². The molecule has 0 bridgehead atoms. The van der Waals surface area contributed by atoms with Crippen molar-refractivity contribution in [3.8, 4) is 11.5 Å². The minimum absolute atomic E-state index is 0.0238. The van der Waals surface area contributed by atoms with E-state index in [0.717, 1.165) is 35.4 Å². The van der Waals surface area contributed by atoms with Crippen LogP contribution in [0.15, 0.2) is 24.4 Å². The highest BCUT2D eigenvalue weighted by atomic mass is 19.4. The number of aryl methyl sites for hydroxylation is 1. The summed E-state index contributed by atoms with van der Waals surface area (Å²) in [6.07, 6.45) is -0.146. The predicted octanol–water partition coefficient (Wildman–Crippen LogP) is 2.24. The second-order valence-corrected chi connectivity index (χ2v) is 6.72. The first kappa shape index (κ1) is 17.7. The van der Waals surface area contributed by atoms with Gasteiger partial charge in [0.15, 0.2) is 5.82 Å². The quantitative estimate of drug-likeness (QED) is 0.821. The van der Waals surface area contributed by atoms with Crippen LogP contribution in [0.4, 0.5) is 19.0 Å². The van der Waals surface area contributed by atoms with Crippen molar-refractivity contribution in [2.75, 3.05) is 31.1 Å². The molecular formula is C18H18F3N5O. The van der Waals surface area contributed by atoms with Gasteiger partial charge in [0.05, 0.1) is 6.54 Å². The van der Waals surface area contributed by atoms with Gasteiger partial charge in [0.25, 0.3) is 0 Å². The first-order chi connectivity index (χ1) is 12.9. The first-order valence-electron chi connectivity index (χ1n) is 8.81. The van der Waals surface area contributed by atoms with E-state index in [9.17, 15) is 18.0 Å². The Morgan fingerprint density at radius 1 is 1.11 bits per heavy atom. The largest absolute Gasteiger partial charge is 0.406 e. The summed E-state index contributed by atoms with van der Waals surface area (Å²) in [5, 5.41) is 0. The van der Waals surface area contributed by atoms with Gasteiger partial charge >= 0.3 is 6.18 Å². The van der Waals surface area contributed by atoms with Gasteiger partial charge in [0.1, 0.15) is 18.1 Å². The number of halogens is 3. The van der Waals surface area contributed by atoms with Gasteiger partial charge in [-0.25, -0.2) is 9.97 Å². The monoisotopic (exact) mass is 377 g/mol. The van der Waals surface area contributed by atoms with Crippen molar-refractivity contribution in [3.63, 3.8) is 0 Å². The topological polar surface area (TPSA) is 62.2 Å². The number of nitrogens with zero attached hydrogens (tertiary/aromatic N) is 5. The molecule has 1 amide bonds. The zero-order valence-corrected chi connectivity index (χ0v) is 14.5. The van der Waals surface area contributed by atoms with E-state index in [-0.39, 0.29) is 13.1 Å². The summed E-state index contributed by atoms with van der Waals surface area (Å²) in [5.74, 6) is 0.595. The SMILES string of the molecule is O=C1CN(c2nc(-c3ccccn3)nc3c2CCC3)CCN1CC(F)(F)F. The van der Waals surface area contributed by atoms with Crippen LogP contribution in [0, 0.1) is 0 Å². The van der Waals surface area contributed by atoms with Crippen LogP contribution in [0.5, 0.6) is 0 Å². The van der Waals surface area contributed by atoms with Crippen LogP contribution >= 0.6 is 0 Å². The lowest BCUT2D eigenvalue weighted by Crippen LogP contribution is -2.53. The van der Waals surface area contributed by atoms with E-state index in [1.165, 1.54) is 0 Å². The van der Waals surface area contributed by atoms with E-state index >= 15 is 0 Å². The fourth-order valence-electron chi connectivity index (χ4n) is 3.56. The average Bonchev–Trinajstić information content (AvgIpc) is 3.11. The number of amides is 1. The van der Waals surface area contributed by atoms with Crippen LogP contribution in [0.3, 0.4) is 0 Å². The number of aromatic nitrogens is 3. The summed E-state index contributed by atoms with van der Waals surface area (Å²) in [6.45, 7) is -0.981. The number of hydrogen-bond acceptors (Lipinski definition) is 5. The smallest absolute Gasteiger partial charge is 0.345 e. The van der Waals surface area contributed by atoms with Crippen molar-refractivity contribution in [1.29, 1.82) is 0 Å². The van der Waals surface area contributed by atoms with E-state index < -0.39 is 18.6 Å². The lowest BCUT2D eigenvalue weighted by Gasteiger charge is -2.36. The molecule has 1 saturated heterocycles. The number of anilines is 1. The molecule has 2 aliphatic rings. The number of carbonyl (C=O) groups is 1. The van der Waals surface area contributed by atoms with Gasteiger partial charge in [-0.2, -0.15) is 13.2 Å². The molecule has 3 heterocycles. The third-order valence-corrected chi connectivity index (χ3v) is 4.79.